The smallest absolute Gasteiger partial charge is 0.272 e. The fraction of sp³-hybridized carbons (Fsp3) is 0.381. The minimum atomic E-state index is -0.306. The number of aryl methyl sites for hydroxylation is 1. The van der Waals surface area contributed by atoms with Gasteiger partial charge < -0.3 is 10.2 Å². The van der Waals surface area contributed by atoms with E-state index in [1.165, 1.54) is 12.1 Å². The first-order chi connectivity index (χ1) is 14.2. The van der Waals surface area contributed by atoms with Gasteiger partial charge in [0.15, 0.2) is 0 Å². The largest absolute Gasteiger partial charge is 0.344 e. The van der Waals surface area contributed by atoms with Crippen LogP contribution >= 0.6 is 11.6 Å². The average molecular weight is 433 g/mol. The van der Waals surface area contributed by atoms with Gasteiger partial charge in [-0.05, 0) is 64.7 Å². The number of halogens is 2. The first kappa shape index (κ1) is 22.0. The first-order valence-electron chi connectivity index (χ1n) is 9.68. The summed E-state index contributed by atoms with van der Waals surface area (Å²) < 4.78 is 16.7. The average Bonchev–Trinajstić information content (AvgIpc) is 3.27. The minimum Gasteiger partial charge on any atom is -0.344 e. The van der Waals surface area contributed by atoms with E-state index in [0.29, 0.717) is 23.8 Å². The third kappa shape index (κ3) is 5.25. The number of carbonyl (C=O) groups is 1. The molecule has 1 amide bonds. The molecule has 0 saturated carbocycles. The van der Waals surface area contributed by atoms with Crippen LogP contribution in [0.15, 0.2) is 36.5 Å². The van der Waals surface area contributed by atoms with Crippen LogP contribution in [0.1, 0.15) is 39.9 Å². The van der Waals surface area contributed by atoms with Crippen LogP contribution in [0, 0.1) is 19.7 Å². The second-order valence-corrected chi connectivity index (χ2v) is 7.91. The molecule has 0 bridgehead atoms. The molecular weight excluding hydrogens is 407 g/mol. The number of hydrogen-bond acceptors (Lipinski definition) is 4. The molecule has 1 N–H and O–H groups in total. The van der Waals surface area contributed by atoms with Gasteiger partial charge in [-0.1, -0.05) is 23.7 Å². The van der Waals surface area contributed by atoms with Crippen molar-refractivity contribution in [1.29, 1.82) is 0 Å². The Morgan fingerprint density at radius 3 is 2.50 bits per heavy atom. The predicted octanol–water partition coefficient (Wildman–Crippen LogP) is 3.42. The Kier molecular flexibility index (Phi) is 6.89. The summed E-state index contributed by atoms with van der Waals surface area (Å²) in [5.41, 5.74) is 2.75. The summed E-state index contributed by atoms with van der Waals surface area (Å²) in [6, 6.07) is 7.61. The van der Waals surface area contributed by atoms with Crippen LogP contribution in [0.5, 0.6) is 0 Å². The summed E-state index contributed by atoms with van der Waals surface area (Å²) in [6.07, 6.45) is 2.42. The molecule has 1 atom stereocenters. The van der Waals surface area contributed by atoms with E-state index in [1.807, 2.05) is 32.8 Å². The molecule has 1 unspecified atom stereocenters. The molecule has 0 aliphatic carbocycles. The number of carbonyl (C=O) groups excluding carboxylic acids is 1. The van der Waals surface area contributed by atoms with Crippen LogP contribution < -0.4 is 5.32 Å². The first-order valence-corrected chi connectivity index (χ1v) is 10.1. The predicted molar refractivity (Wildman–Crippen MR) is 114 cm³/mol. The number of rotatable bonds is 8. The number of nitrogens with one attached hydrogen (secondary N) is 1. The third-order valence-corrected chi connectivity index (χ3v) is 5.44. The molecule has 160 valence electrons. The molecule has 9 heteroatoms. The van der Waals surface area contributed by atoms with Gasteiger partial charge in [-0.25, -0.2) is 9.07 Å². The van der Waals surface area contributed by atoms with Crippen molar-refractivity contribution in [3.63, 3.8) is 0 Å². The summed E-state index contributed by atoms with van der Waals surface area (Å²) in [5, 5.41) is 12.4. The molecule has 0 radical (unpaired) electrons. The lowest BCUT2D eigenvalue weighted by Crippen LogP contribution is -2.31. The highest BCUT2D eigenvalue weighted by atomic mass is 35.5. The van der Waals surface area contributed by atoms with Crippen molar-refractivity contribution in [3.05, 3.63) is 70.0 Å². The van der Waals surface area contributed by atoms with E-state index in [9.17, 15) is 9.18 Å². The van der Waals surface area contributed by atoms with Gasteiger partial charge in [-0.2, -0.15) is 10.2 Å². The lowest BCUT2D eigenvalue weighted by Gasteiger charge is -2.21. The second-order valence-electron chi connectivity index (χ2n) is 7.54. The number of nitrogens with zero attached hydrogens (tertiary/aromatic N) is 5. The van der Waals surface area contributed by atoms with Gasteiger partial charge in [0.2, 0.25) is 0 Å². The van der Waals surface area contributed by atoms with Crippen molar-refractivity contribution in [3.8, 4) is 0 Å². The summed E-state index contributed by atoms with van der Waals surface area (Å²) in [4.78, 5) is 14.9. The van der Waals surface area contributed by atoms with E-state index < -0.39 is 0 Å². The molecule has 0 spiro atoms. The van der Waals surface area contributed by atoms with Crippen LogP contribution in [0.25, 0.3) is 0 Å². The molecule has 30 heavy (non-hydrogen) atoms. The lowest BCUT2D eigenvalue weighted by molar-refractivity contribution is 0.0926. The zero-order valence-corrected chi connectivity index (χ0v) is 18.3. The maximum absolute atomic E-state index is 13.3. The Hall–Kier alpha value is -2.71. The number of hydrogen-bond donors (Lipinski definition) is 1. The Morgan fingerprint density at radius 2 is 1.90 bits per heavy atom. The van der Waals surface area contributed by atoms with Gasteiger partial charge in [0.1, 0.15) is 18.2 Å². The van der Waals surface area contributed by atoms with E-state index >= 15 is 0 Å². The molecule has 0 aliphatic rings. The fourth-order valence-corrected chi connectivity index (χ4v) is 3.28. The third-order valence-electron chi connectivity index (χ3n) is 4.89. The van der Waals surface area contributed by atoms with Gasteiger partial charge in [0.25, 0.3) is 5.91 Å². The molecule has 2 heterocycles. The van der Waals surface area contributed by atoms with Crippen LogP contribution in [0.3, 0.4) is 0 Å². The zero-order valence-electron chi connectivity index (χ0n) is 17.6. The molecule has 3 aromatic rings. The highest BCUT2D eigenvalue weighted by Gasteiger charge is 2.18. The Morgan fingerprint density at radius 1 is 1.20 bits per heavy atom. The SMILES string of the molecule is Cc1nn(Cn2ccc(C(=O)NC(CCN(C)C)c3ccc(F)cc3)n2)c(C)c1Cl. The summed E-state index contributed by atoms with van der Waals surface area (Å²) in [7, 11) is 3.94. The molecule has 2 aromatic heterocycles. The summed E-state index contributed by atoms with van der Waals surface area (Å²) in [6.45, 7) is 4.86. The van der Waals surface area contributed by atoms with Crippen molar-refractivity contribution in [2.24, 2.45) is 0 Å². The molecule has 7 nitrogen and oxygen atoms in total. The topological polar surface area (TPSA) is 68.0 Å². The maximum atomic E-state index is 13.3. The van der Waals surface area contributed by atoms with Crippen molar-refractivity contribution >= 4 is 17.5 Å². The highest BCUT2D eigenvalue weighted by molar-refractivity contribution is 6.31. The summed E-state index contributed by atoms with van der Waals surface area (Å²) >= 11 is 6.19. The van der Waals surface area contributed by atoms with Gasteiger partial charge >= 0.3 is 0 Å². The van der Waals surface area contributed by atoms with Crippen molar-refractivity contribution in [2.75, 3.05) is 20.6 Å². The Balaban J connectivity index is 1.72. The standard InChI is InChI=1S/C21H26ClFN6O/c1-14-20(22)15(2)29(25-14)13-28-12-10-19(26-28)21(30)24-18(9-11-27(3)4)16-5-7-17(23)8-6-16/h5-8,10,12,18H,9,11,13H2,1-4H3,(H,24,30). The molecule has 0 fully saturated rings. The van der Waals surface area contributed by atoms with Crippen LogP contribution in [-0.2, 0) is 6.67 Å². The zero-order chi connectivity index (χ0) is 21.8. The molecule has 3 rings (SSSR count). The van der Waals surface area contributed by atoms with Crippen molar-refractivity contribution in [1.82, 2.24) is 29.8 Å². The van der Waals surface area contributed by atoms with E-state index in [4.69, 9.17) is 11.6 Å². The summed E-state index contributed by atoms with van der Waals surface area (Å²) in [5.74, 6) is -0.590. The molecule has 0 saturated heterocycles. The lowest BCUT2D eigenvalue weighted by atomic mass is 10.0. The Bertz CT molecular complexity index is 1010. The minimum absolute atomic E-state index is 0.250. The van der Waals surface area contributed by atoms with Crippen LogP contribution in [0.2, 0.25) is 5.02 Å². The van der Waals surface area contributed by atoms with Crippen LogP contribution in [-0.4, -0.2) is 51.0 Å². The van der Waals surface area contributed by atoms with Gasteiger partial charge in [0, 0.05) is 6.20 Å². The quantitative estimate of drug-likeness (QED) is 0.592. The second kappa shape index (κ2) is 9.40. The molecule has 1 aromatic carbocycles. The van der Waals surface area contributed by atoms with E-state index in [-0.39, 0.29) is 17.8 Å². The van der Waals surface area contributed by atoms with Gasteiger partial charge in [0.05, 0.1) is 22.5 Å². The van der Waals surface area contributed by atoms with Gasteiger partial charge in [-0.3, -0.25) is 9.48 Å². The van der Waals surface area contributed by atoms with Crippen molar-refractivity contribution < 1.29 is 9.18 Å². The van der Waals surface area contributed by atoms with E-state index in [1.54, 1.807) is 33.8 Å². The number of benzene rings is 1. The fourth-order valence-electron chi connectivity index (χ4n) is 3.15. The maximum Gasteiger partial charge on any atom is 0.272 e. The molecule has 0 aliphatic heterocycles. The number of amides is 1. The Labute approximate surface area is 180 Å². The molecular formula is C21H26ClFN6O. The highest BCUT2D eigenvalue weighted by Crippen LogP contribution is 2.20. The monoisotopic (exact) mass is 432 g/mol. The normalized spacial score (nSPS) is 12.4. The van der Waals surface area contributed by atoms with E-state index in [2.05, 4.69) is 15.5 Å². The van der Waals surface area contributed by atoms with Gasteiger partial charge in [-0.15, -0.1) is 0 Å². The van der Waals surface area contributed by atoms with Crippen LogP contribution in [0.4, 0.5) is 4.39 Å². The van der Waals surface area contributed by atoms with Crippen molar-refractivity contribution in [2.45, 2.75) is 33.0 Å². The van der Waals surface area contributed by atoms with E-state index in [0.717, 1.165) is 23.5 Å². The number of aromatic nitrogens is 4.